The van der Waals surface area contributed by atoms with Gasteiger partial charge in [0.25, 0.3) is 0 Å². The largest absolute Gasteiger partial charge is 0.478 e. The molecule has 0 aliphatic heterocycles. The highest BCUT2D eigenvalue weighted by Crippen LogP contribution is 2.13. The van der Waals surface area contributed by atoms with Crippen molar-refractivity contribution in [2.75, 3.05) is 7.11 Å². The van der Waals surface area contributed by atoms with Crippen LogP contribution in [0.15, 0.2) is 24.3 Å². The summed E-state index contributed by atoms with van der Waals surface area (Å²) < 4.78 is 17.6. The molecule has 0 saturated carbocycles. The number of rotatable bonds is 3. The van der Waals surface area contributed by atoms with Crippen molar-refractivity contribution in [3.05, 3.63) is 41.2 Å². The Bertz CT molecular complexity index is 451. The second-order valence-electron chi connectivity index (χ2n) is 2.90. The fourth-order valence-corrected chi connectivity index (χ4v) is 1.08. The van der Waals surface area contributed by atoms with E-state index in [4.69, 9.17) is 5.11 Å². The summed E-state index contributed by atoms with van der Waals surface area (Å²) in [5, 5.41) is 8.39. The highest BCUT2D eigenvalue weighted by molar-refractivity contribution is 5.91. The van der Waals surface area contributed by atoms with E-state index in [1.807, 2.05) is 0 Å². The average Bonchev–Trinajstić information content (AvgIpc) is 2.26. The van der Waals surface area contributed by atoms with Crippen molar-refractivity contribution in [2.45, 2.75) is 0 Å². The van der Waals surface area contributed by atoms with Crippen LogP contribution in [0.3, 0.4) is 0 Å². The van der Waals surface area contributed by atoms with Crippen molar-refractivity contribution in [3.63, 3.8) is 0 Å². The first kappa shape index (κ1) is 11.9. The molecule has 0 amide bonds. The molecule has 0 bridgehead atoms. The molecule has 0 unspecified atom stereocenters. The molecule has 16 heavy (non-hydrogen) atoms. The van der Waals surface area contributed by atoms with E-state index in [-0.39, 0.29) is 11.1 Å². The predicted octanol–water partition coefficient (Wildman–Crippen LogP) is 1.71. The van der Waals surface area contributed by atoms with Gasteiger partial charge in [0.15, 0.2) is 0 Å². The minimum absolute atomic E-state index is 0.0188. The minimum atomic E-state index is -1.19. The number of carboxylic acid groups (broad SMARTS) is 1. The standard InChI is InChI=1S/C11H9FO4/c1-16-11(15)8-2-4-9(12)7(6-8)3-5-10(13)14/h2-6H,1H3,(H,13,14). The van der Waals surface area contributed by atoms with E-state index < -0.39 is 17.8 Å². The molecule has 5 heteroatoms. The third-order valence-electron chi connectivity index (χ3n) is 1.82. The summed E-state index contributed by atoms with van der Waals surface area (Å²) >= 11 is 0. The van der Waals surface area contributed by atoms with Crippen molar-refractivity contribution < 1.29 is 23.8 Å². The van der Waals surface area contributed by atoms with Gasteiger partial charge in [-0.05, 0) is 24.3 Å². The lowest BCUT2D eigenvalue weighted by atomic mass is 10.1. The first-order valence-corrected chi connectivity index (χ1v) is 4.33. The summed E-state index contributed by atoms with van der Waals surface area (Å²) in [6.45, 7) is 0. The second-order valence-corrected chi connectivity index (χ2v) is 2.90. The van der Waals surface area contributed by atoms with Gasteiger partial charge in [0, 0.05) is 11.6 Å². The Kier molecular flexibility index (Phi) is 3.77. The molecule has 1 rings (SSSR count). The number of carbonyl (C=O) groups is 2. The Hall–Kier alpha value is -2.17. The van der Waals surface area contributed by atoms with E-state index in [9.17, 15) is 14.0 Å². The van der Waals surface area contributed by atoms with Crippen LogP contribution in [0.1, 0.15) is 15.9 Å². The number of esters is 1. The van der Waals surface area contributed by atoms with Crippen LogP contribution in [-0.2, 0) is 9.53 Å². The van der Waals surface area contributed by atoms with Gasteiger partial charge < -0.3 is 9.84 Å². The normalized spacial score (nSPS) is 10.4. The number of carbonyl (C=O) groups excluding carboxylic acids is 1. The van der Waals surface area contributed by atoms with Crippen molar-refractivity contribution in [3.8, 4) is 0 Å². The zero-order valence-electron chi connectivity index (χ0n) is 8.44. The Balaban J connectivity index is 3.08. The Labute approximate surface area is 91.0 Å². The first-order valence-electron chi connectivity index (χ1n) is 4.33. The van der Waals surface area contributed by atoms with Crippen LogP contribution >= 0.6 is 0 Å². The molecule has 0 radical (unpaired) electrons. The first-order chi connectivity index (χ1) is 7.54. The van der Waals surface area contributed by atoms with E-state index in [0.717, 1.165) is 18.2 Å². The fraction of sp³-hybridized carbons (Fsp3) is 0.0909. The molecular weight excluding hydrogens is 215 g/mol. The molecule has 0 saturated heterocycles. The molecule has 84 valence electrons. The van der Waals surface area contributed by atoms with E-state index in [1.54, 1.807) is 0 Å². The number of benzene rings is 1. The summed E-state index contributed by atoms with van der Waals surface area (Å²) in [6.07, 6.45) is 1.86. The zero-order chi connectivity index (χ0) is 12.1. The van der Waals surface area contributed by atoms with Gasteiger partial charge in [-0.2, -0.15) is 0 Å². The van der Waals surface area contributed by atoms with Crippen LogP contribution in [0.25, 0.3) is 6.08 Å². The van der Waals surface area contributed by atoms with E-state index in [2.05, 4.69) is 4.74 Å². The van der Waals surface area contributed by atoms with Gasteiger partial charge in [-0.25, -0.2) is 14.0 Å². The van der Waals surface area contributed by atoms with Crippen molar-refractivity contribution in [1.29, 1.82) is 0 Å². The summed E-state index contributed by atoms with van der Waals surface area (Å²) in [5.74, 6) is -2.40. The number of aliphatic carboxylic acids is 1. The Morgan fingerprint density at radius 3 is 2.69 bits per heavy atom. The van der Waals surface area contributed by atoms with Crippen LogP contribution in [0.2, 0.25) is 0 Å². The third-order valence-corrected chi connectivity index (χ3v) is 1.82. The molecule has 0 fully saturated rings. The van der Waals surface area contributed by atoms with Crippen LogP contribution in [0.4, 0.5) is 4.39 Å². The van der Waals surface area contributed by atoms with Crippen LogP contribution in [0.5, 0.6) is 0 Å². The van der Waals surface area contributed by atoms with Gasteiger partial charge in [0.05, 0.1) is 12.7 Å². The molecule has 0 heterocycles. The summed E-state index contributed by atoms with van der Waals surface area (Å²) in [4.78, 5) is 21.4. The topological polar surface area (TPSA) is 63.6 Å². The summed E-state index contributed by atoms with van der Waals surface area (Å²) in [6, 6.07) is 3.56. The number of hydrogen-bond donors (Lipinski definition) is 1. The SMILES string of the molecule is COC(=O)c1ccc(F)c(C=CC(=O)O)c1. The smallest absolute Gasteiger partial charge is 0.337 e. The fourth-order valence-electron chi connectivity index (χ4n) is 1.08. The minimum Gasteiger partial charge on any atom is -0.478 e. The molecule has 1 aromatic rings. The highest BCUT2D eigenvalue weighted by atomic mass is 19.1. The van der Waals surface area contributed by atoms with Gasteiger partial charge in [-0.1, -0.05) is 0 Å². The van der Waals surface area contributed by atoms with E-state index >= 15 is 0 Å². The number of halogens is 1. The maximum atomic E-state index is 13.2. The second kappa shape index (κ2) is 5.06. The molecule has 0 spiro atoms. The molecule has 0 aliphatic carbocycles. The van der Waals surface area contributed by atoms with Crippen LogP contribution in [0, 0.1) is 5.82 Å². The molecule has 0 atom stereocenters. The highest BCUT2D eigenvalue weighted by Gasteiger charge is 2.08. The molecule has 4 nitrogen and oxygen atoms in total. The molecule has 1 N–H and O–H groups in total. The lowest BCUT2D eigenvalue weighted by molar-refractivity contribution is -0.131. The predicted molar refractivity (Wildman–Crippen MR) is 54.4 cm³/mol. The molecule has 0 aromatic heterocycles. The van der Waals surface area contributed by atoms with Crippen LogP contribution < -0.4 is 0 Å². The average molecular weight is 224 g/mol. The van der Waals surface area contributed by atoms with E-state index in [1.165, 1.54) is 19.2 Å². The van der Waals surface area contributed by atoms with Crippen molar-refractivity contribution >= 4 is 18.0 Å². The number of ether oxygens (including phenoxy) is 1. The van der Waals surface area contributed by atoms with Crippen molar-refractivity contribution in [1.82, 2.24) is 0 Å². The van der Waals surface area contributed by atoms with Gasteiger partial charge in [0.2, 0.25) is 0 Å². The quantitative estimate of drug-likeness (QED) is 0.627. The van der Waals surface area contributed by atoms with Gasteiger partial charge in [0.1, 0.15) is 5.82 Å². The summed E-state index contributed by atoms with van der Waals surface area (Å²) in [7, 11) is 1.21. The maximum absolute atomic E-state index is 13.2. The number of hydrogen-bond acceptors (Lipinski definition) is 3. The van der Waals surface area contributed by atoms with Gasteiger partial charge in [-0.15, -0.1) is 0 Å². The maximum Gasteiger partial charge on any atom is 0.337 e. The number of carboxylic acids is 1. The van der Waals surface area contributed by atoms with Gasteiger partial charge >= 0.3 is 11.9 Å². The molecule has 0 aliphatic rings. The number of methoxy groups -OCH3 is 1. The zero-order valence-corrected chi connectivity index (χ0v) is 8.44. The lowest BCUT2D eigenvalue weighted by Gasteiger charge is -2.01. The van der Waals surface area contributed by atoms with Crippen LogP contribution in [-0.4, -0.2) is 24.2 Å². The van der Waals surface area contributed by atoms with E-state index in [0.29, 0.717) is 0 Å². The Morgan fingerprint density at radius 1 is 1.44 bits per heavy atom. The van der Waals surface area contributed by atoms with Gasteiger partial charge in [-0.3, -0.25) is 0 Å². The monoisotopic (exact) mass is 224 g/mol. The molecule has 1 aromatic carbocycles. The Morgan fingerprint density at radius 2 is 2.12 bits per heavy atom. The lowest BCUT2D eigenvalue weighted by Crippen LogP contribution is -2.02. The van der Waals surface area contributed by atoms with Crippen molar-refractivity contribution in [2.24, 2.45) is 0 Å². The third kappa shape index (κ3) is 2.91. The summed E-state index contributed by atoms with van der Waals surface area (Å²) in [5.41, 5.74) is 0.180. The molecular formula is C11H9FO4.